The minimum absolute atomic E-state index is 0.0226. The van der Waals surface area contributed by atoms with Gasteiger partial charge in [0.15, 0.2) is 0 Å². The molecule has 1 saturated heterocycles. The van der Waals surface area contributed by atoms with Gasteiger partial charge in [-0.15, -0.1) is 0 Å². The molecule has 0 spiro atoms. The lowest BCUT2D eigenvalue weighted by molar-refractivity contribution is -0.132. The second-order valence-corrected chi connectivity index (χ2v) is 5.23. The maximum Gasteiger partial charge on any atom is 0.240 e. The monoisotopic (exact) mass is 210 g/mol. The minimum Gasteiger partial charge on any atom is -0.325 e. The third-order valence-corrected chi connectivity index (χ3v) is 4.29. The standard InChI is InChI=1S/C12H22N2O/c1-8-5-4-6-11(9(8)2)14-7-13-10(3)12(14)15/h8-11,13H,4-7H2,1-3H3. The van der Waals surface area contributed by atoms with Gasteiger partial charge in [0, 0.05) is 6.04 Å². The van der Waals surface area contributed by atoms with Gasteiger partial charge in [0.2, 0.25) is 5.91 Å². The van der Waals surface area contributed by atoms with Gasteiger partial charge in [-0.2, -0.15) is 0 Å². The number of amides is 1. The zero-order valence-electron chi connectivity index (χ0n) is 9.99. The second kappa shape index (κ2) is 4.12. The van der Waals surface area contributed by atoms with Gasteiger partial charge in [0.1, 0.15) is 0 Å². The fourth-order valence-corrected chi connectivity index (χ4v) is 2.92. The average molecular weight is 210 g/mol. The Morgan fingerprint density at radius 3 is 2.60 bits per heavy atom. The predicted octanol–water partition coefficient (Wildman–Crippen LogP) is 1.59. The number of nitrogens with one attached hydrogen (secondary N) is 1. The van der Waals surface area contributed by atoms with Crippen molar-refractivity contribution in [2.24, 2.45) is 11.8 Å². The predicted molar refractivity (Wildman–Crippen MR) is 60.3 cm³/mol. The topological polar surface area (TPSA) is 32.3 Å². The summed E-state index contributed by atoms with van der Waals surface area (Å²) in [7, 11) is 0. The fourth-order valence-electron chi connectivity index (χ4n) is 2.92. The third-order valence-electron chi connectivity index (χ3n) is 4.29. The Hall–Kier alpha value is -0.570. The van der Waals surface area contributed by atoms with Gasteiger partial charge in [-0.05, 0) is 25.2 Å². The van der Waals surface area contributed by atoms with Crippen LogP contribution in [0, 0.1) is 11.8 Å². The van der Waals surface area contributed by atoms with E-state index in [2.05, 4.69) is 24.1 Å². The number of hydrogen-bond acceptors (Lipinski definition) is 2. The SMILES string of the molecule is CC1NCN(C2CCCC(C)C2C)C1=O. The fraction of sp³-hybridized carbons (Fsp3) is 0.917. The van der Waals surface area contributed by atoms with Gasteiger partial charge in [-0.3, -0.25) is 10.1 Å². The number of rotatable bonds is 1. The summed E-state index contributed by atoms with van der Waals surface area (Å²) in [6.45, 7) is 7.32. The molecule has 0 aromatic heterocycles. The molecular weight excluding hydrogens is 188 g/mol. The van der Waals surface area contributed by atoms with Crippen LogP contribution in [0.1, 0.15) is 40.0 Å². The number of carbonyl (C=O) groups is 1. The zero-order valence-corrected chi connectivity index (χ0v) is 9.99. The van der Waals surface area contributed by atoms with E-state index < -0.39 is 0 Å². The van der Waals surface area contributed by atoms with Crippen LogP contribution in [0.4, 0.5) is 0 Å². The lowest BCUT2D eigenvalue weighted by Crippen LogP contribution is -2.45. The molecule has 1 heterocycles. The van der Waals surface area contributed by atoms with Crippen molar-refractivity contribution in [3.63, 3.8) is 0 Å². The van der Waals surface area contributed by atoms with Crippen molar-refractivity contribution in [2.75, 3.05) is 6.67 Å². The first-order valence-corrected chi connectivity index (χ1v) is 6.15. The summed E-state index contributed by atoms with van der Waals surface area (Å²) in [5.41, 5.74) is 0. The first-order valence-electron chi connectivity index (χ1n) is 6.15. The summed E-state index contributed by atoms with van der Waals surface area (Å²) < 4.78 is 0. The van der Waals surface area contributed by atoms with Crippen molar-refractivity contribution in [1.29, 1.82) is 0 Å². The number of nitrogens with zero attached hydrogens (tertiary/aromatic N) is 1. The van der Waals surface area contributed by atoms with E-state index in [0.29, 0.717) is 17.9 Å². The Kier molecular flexibility index (Phi) is 3.01. The Morgan fingerprint density at radius 1 is 1.27 bits per heavy atom. The van der Waals surface area contributed by atoms with Gasteiger partial charge in [-0.1, -0.05) is 26.7 Å². The largest absolute Gasteiger partial charge is 0.325 e. The Labute approximate surface area is 92.2 Å². The van der Waals surface area contributed by atoms with Crippen LogP contribution in [0.15, 0.2) is 0 Å². The maximum absolute atomic E-state index is 11.9. The molecule has 3 nitrogen and oxygen atoms in total. The van der Waals surface area contributed by atoms with E-state index in [4.69, 9.17) is 0 Å². The van der Waals surface area contributed by atoms with Crippen LogP contribution < -0.4 is 5.32 Å². The molecule has 1 saturated carbocycles. The molecule has 0 aromatic carbocycles. The first-order chi connectivity index (χ1) is 7.11. The Balaban J connectivity index is 2.06. The van der Waals surface area contributed by atoms with Crippen molar-refractivity contribution in [1.82, 2.24) is 10.2 Å². The minimum atomic E-state index is 0.0226. The lowest BCUT2D eigenvalue weighted by atomic mass is 9.77. The third kappa shape index (κ3) is 1.89. The van der Waals surface area contributed by atoms with Gasteiger partial charge in [-0.25, -0.2) is 0 Å². The van der Waals surface area contributed by atoms with E-state index in [9.17, 15) is 4.79 Å². The molecule has 2 fully saturated rings. The molecule has 1 aliphatic heterocycles. The van der Waals surface area contributed by atoms with E-state index in [-0.39, 0.29) is 6.04 Å². The van der Waals surface area contributed by atoms with Crippen LogP contribution in [0.5, 0.6) is 0 Å². The summed E-state index contributed by atoms with van der Waals surface area (Å²) in [5, 5.41) is 3.23. The maximum atomic E-state index is 11.9. The molecule has 15 heavy (non-hydrogen) atoms. The van der Waals surface area contributed by atoms with Gasteiger partial charge < -0.3 is 4.90 Å². The van der Waals surface area contributed by atoms with Crippen LogP contribution in [-0.4, -0.2) is 29.6 Å². The van der Waals surface area contributed by atoms with E-state index in [1.165, 1.54) is 19.3 Å². The summed E-state index contributed by atoms with van der Waals surface area (Å²) in [6.07, 6.45) is 3.78. The Morgan fingerprint density at radius 2 is 2.00 bits per heavy atom. The van der Waals surface area contributed by atoms with Crippen molar-refractivity contribution >= 4 is 5.91 Å². The van der Waals surface area contributed by atoms with Crippen LogP contribution in [-0.2, 0) is 4.79 Å². The molecule has 1 aliphatic carbocycles. The molecule has 0 bridgehead atoms. The number of carbonyl (C=O) groups excluding carboxylic acids is 1. The average Bonchev–Trinajstić information content (AvgIpc) is 2.53. The van der Waals surface area contributed by atoms with E-state index in [1.807, 2.05) is 6.92 Å². The normalized spacial score (nSPS) is 42.3. The summed E-state index contributed by atoms with van der Waals surface area (Å²) in [4.78, 5) is 14.0. The molecule has 4 atom stereocenters. The van der Waals surface area contributed by atoms with Crippen LogP contribution in [0.25, 0.3) is 0 Å². The highest BCUT2D eigenvalue weighted by molar-refractivity contribution is 5.83. The van der Waals surface area contributed by atoms with Gasteiger partial charge >= 0.3 is 0 Å². The molecule has 1 amide bonds. The zero-order chi connectivity index (χ0) is 11.0. The smallest absolute Gasteiger partial charge is 0.240 e. The van der Waals surface area contributed by atoms with Gasteiger partial charge in [0.05, 0.1) is 12.7 Å². The van der Waals surface area contributed by atoms with Gasteiger partial charge in [0.25, 0.3) is 0 Å². The van der Waals surface area contributed by atoms with E-state index in [1.54, 1.807) is 0 Å². The molecular formula is C12H22N2O. The van der Waals surface area contributed by atoms with Crippen LogP contribution in [0.3, 0.4) is 0 Å². The molecule has 2 aliphatic rings. The van der Waals surface area contributed by atoms with Crippen molar-refractivity contribution in [3.05, 3.63) is 0 Å². The first kappa shape index (κ1) is 10.9. The van der Waals surface area contributed by atoms with Crippen LogP contribution in [0.2, 0.25) is 0 Å². The summed E-state index contributed by atoms with van der Waals surface area (Å²) >= 11 is 0. The number of hydrogen-bond donors (Lipinski definition) is 1. The molecule has 1 N–H and O–H groups in total. The summed E-state index contributed by atoms with van der Waals surface area (Å²) in [5.74, 6) is 1.70. The van der Waals surface area contributed by atoms with E-state index in [0.717, 1.165) is 12.6 Å². The highest BCUT2D eigenvalue weighted by Gasteiger charge is 2.38. The van der Waals surface area contributed by atoms with Crippen LogP contribution >= 0.6 is 0 Å². The van der Waals surface area contributed by atoms with Crippen molar-refractivity contribution in [3.8, 4) is 0 Å². The quantitative estimate of drug-likeness (QED) is 0.713. The highest BCUT2D eigenvalue weighted by Crippen LogP contribution is 2.33. The molecule has 3 heteroatoms. The molecule has 86 valence electrons. The second-order valence-electron chi connectivity index (χ2n) is 5.23. The molecule has 4 unspecified atom stereocenters. The molecule has 0 aromatic rings. The summed E-state index contributed by atoms with van der Waals surface area (Å²) in [6, 6.07) is 0.494. The van der Waals surface area contributed by atoms with E-state index >= 15 is 0 Å². The molecule has 2 rings (SSSR count). The van der Waals surface area contributed by atoms with Crippen molar-refractivity contribution < 1.29 is 4.79 Å². The Bertz CT molecular complexity index is 254. The lowest BCUT2D eigenvalue weighted by Gasteiger charge is -2.39. The highest BCUT2D eigenvalue weighted by atomic mass is 16.2. The molecule has 0 radical (unpaired) electrons. The van der Waals surface area contributed by atoms with Crippen molar-refractivity contribution in [2.45, 2.75) is 52.1 Å².